The van der Waals surface area contributed by atoms with Crippen molar-refractivity contribution in [3.05, 3.63) is 34.9 Å². The second-order valence-corrected chi connectivity index (χ2v) is 7.70. The molecule has 0 bridgehead atoms. The molecule has 2 unspecified atom stereocenters. The summed E-state index contributed by atoms with van der Waals surface area (Å²) in [7, 11) is -3.54. The van der Waals surface area contributed by atoms with Crippen LogP contribution >= 0.6 is 0 Å². The lowest BCUT2D eigenvalue weighted by atomic mass is 10.0. The molecule has 0 saturated carbocycles. The number of aryl methyl sites for hydroxylation is 2. The minimum Gasteiger partial charge on any atom is -0.336 e. The zero-order chi connectivity index (χ0) is 15.8. The van der Waals surface area contributed by atoms with Crippen molar-refractivity contribution in [3.8, 4) is 0 Å². The third-order valence-electron chi connectivity index (χ3n) is 3.90. The van der Waals surface area contributed by atoms with Gasteiger partial charge in [-0.05, 0) is 26.3 Å². The Hall–Kier alpha value is -1.40. The van der Waals surface area contributed by atoms with Gasteiger partial charge in [0, 0.05) is 18.9 Å². The number of sulfonamides is 1. The van der Waals surface area contributed by atoms with Crippen LogP contribution in [0.1, 0.15) is 36.1 Å². The van der Waals surface area contributed by atoms with Gasteiger partial charge in [0.1, 0.15) is 0 Å². The molecule has 1 aliphatic rings. The van der Waals surface area contributed by atoms with Gasteiger partial charge in [0.05, 0.1) is 11.8 Å². The van der Waals surface area contributed by atoms with Crippen molar-refractivity contribution >= 4 is 15.9 Å². The fourth-order valence-corrected chi connectivity index (χ4v) is 3.93. The molecule has 21 heavy (non-hydrogen) atoms. The first-order chi connectivity index (χ1) is 9.65. The highest BCUT2D eigenvalue weighted by Gasteiger charge is 2.34. The Kier molecular flexibility index (Phi) is 4.39. The highest BCUT2D eigenvalue weighted by atomic mass is 32.2. The van der Waals surface area contributed by atoms with Gasteiger partial charge < -0.3 is 4.90 Å². The van der Waals surface area contributed by atoms with Crippen LogP contribution < -0.4 is 5.14 Å². The summed E-state index contributed by atoms with van der Waals surface area (Å²) in [5, 5.41) is 5.08. The van der Waals surface area contributed by atoms with Crippen LogP contribution in [0.3, 0.4) is 0 Å². The van der Waals surface area contributed by atoms with Crippen LogP contribution in [0.2, 0.25) is 0 Å². The molecule has 116 valence electrons. The van der Waals surface area contributed by atoms with Crippen LogP contribution in [0.5, 0.6) is 0 Å². The molecule has 5 nitrogen and oxygen atoms in total. The van der Waals surface area contributed by atoms with Gasteiger partial charge in [-0.2, -0.15) is 0 Å². The number of primary sulfonamides is 1. The SMILES string of the molecule is Cc1cc(C)cc(C(C)N2CC(CS(N)(=O)=O)CC2=O)c1. The van der Waals surface area contributed by atoms with Crippen molar-refractivity contribution in [3.63, 3.8) is 0 Å². The molecule has 1 heterocycles. The number of benzene rings is 1. The lowest BCUT2D eigenvalue weighted by molar-refractivity contribution is -0.129. The highest BCUT2D eigenvalue weighted by Crippen LogP contribution is 2.29. The number of hydrogen-bond donors (Lipinski definition) is 1. The van der Waals surface area contributed by atoms with E-state index in [0.717, 1.165) is 16.7 Å². The van der Waals surface area contributed by atoms with Gasteiger partial charge in [0.25, 0.3) is 0 Å². The van der Waals surface area contributed by atoms with Crippen molar-refractivity contribution in [2.45, 2.75) is 33.2 Å². The Balaban J connectivity index is 2.16. The predicted octanol–water partition coefficient (Wildman–Crippen LogP) is 1.50. The molecular formula is C15H22N2O3S. The van der Waals surface area contributed by atoms with E-state index in [-0.39, 0.29) is 30.0 Å². The van der Waals surface area contributed by atoms with E-state index in [9.17, 15) is 13.2 Å². The van der Waals surface area contributed by atoms with Crippen LogP contribution in [0, 0.1) is 19.8 Å². The van der Waals surface area contributed by atoms with Crippen molar-refractivity contribution in [2.75, 3.05) is 12.3 Å². The third kappa shape index (κ3) is 4.04. The zero-order valence-corrected chi connectivity index (χ0v) is 13.5. The zero-order valence-electron chi connectivity index (χ0n) is 12.7. The topological polar surface area (TPSA) is 80.5 Å². The Morgan fingerprint density at radius 1 is 1.29 bits per heavy atom. The first-order valence-corrected chi connectivity index (χ1v) is 8.75. The van der Waals surface area contributed by atoms with Crippen molar-refractivity contribution in [1.82, 2.24) is 4.90 Å². The Morgan fingerprint density at radius 3 is 2.38 bits per heavy atom. The van der Waals surface area contributed by atoms with E-state index in [1.54, 1.807) is 4.90 Å². The van der Waals surface area contributed by atoms with Crippen molar-refractivity contribution in [2.24, 2.45) is 11.1 Å². The summed E-state index contributed by atoms with van der Waals surface area (Å²) in [6.45, 7) is 6.48. The van der Waals surface area contributed by atoms with Gasteiger partial charge in [-0.3, -0.25) is 4.79 Å². The number of hydrogen-bond acceptors (Lipinski definition) is 3. The maximum absolute atomic E-state index is 12.1. The number of amides is 1. The average Bonchev–Trinajstić information content (AvgIpc) is 2.65. The Morgan fingerprint density at radius 2 is 1.86 bits per heavy atom. The number of likely N-dealkylation sites (tertiary alicyclic amines) is 1. The predicted molar refractivity (Wildman–Crippen MR) is 82.1 cm³/mol. The van der Waals surface area contributed by atoms with Crippen molar-refractivity contribution in [1.29, 1.82) is 0 Å². The number of nitrogens with zero attached hydrogens (tertiary/aromatic N) is 1. The monoisotopic (exact) mass is 310 g/mol. The van der Waals surface area contributed by atoms with Gasteiger partial charge in [0.15, 0.2) is 0 Å². The molecule has 0 radical (unpaired) electrons. The van der Waals surface area contributed by atoms with Crippen LogP contribution in [0.15, 0.2) is 18.2 Å². The van der Waals surface area contributed by atoms with Crippen LogP contribution in [0.4, 0.5) is 0 Å². The van der Waals surface area contributed by atoms with E-state index < -0.39 is 10.0 Å². The second kappa shape index (κ2) is 5.77. The minimum absolute atomic E-state index is 0.00434. The van der Waals surface area contributed by atoms with E-state index in [0.29, 0.717) is 6.54 Å². The highest BCUT2D eigenvalue weighted by molar-refractivity contribution is 7.89. The van der Waals surface area contributed by atoms with E-state index in [1.807, 2.05) is 20.8 Å². The molecule has 0 aliphatic carbocycles. The summed E-state index contributed by atoms with van der Waals surface area (Å²) in [5.41, 5.74) is 3.39. The quantitative estimate of drug-likeness (QED) is 0.915. The Bertz CT molecular complexity index is 635. The molecule has 1 aliphatic heterocycles. The maximum Gasteiger partial charge on any atom is 0.223 e. The van der Waals surface area contributed by atoms with Gasteiger partial charge in [0.2, 0.25) is 15.9 Å². The molecular weight excluding hydrogens is 288 g/mol. The van der Waals surface area contributed by atoms with Gasteiger partial charge in [-0.1, -0.05) is 29.3 Å². The minimum atomic E-state index is -3.54. The lowest BCUT2D eigenvalue weighted by Crippen LogP contribution is -2.30. The maximum atomic E-state index is 12.1. The summed E-state index contributed by atoms with van der Waals surface area (Å²) in [5.74, 6) is -0.342. The standard InChI is InChI=1S/C15H22N2O3S/c1-10-4-11(2)6-14(5-10)12(3)17-8-13(7-15(17)18)9-21(16,19)20/h4-6,12-13H,7-9H2,1-3H3,(H2,16,19,20). The van der Waals surface area contributed by atoms with Crippen LogP contribution in [-0.4, -0.2) is 31.5 Å². The number of nitrogens with two attached hydrogens (primary N) is 1. The molecule has 1 aromatic carbocycles. The summed E-state index contributed by atoms with van der Waals surface area (Å²) >= 11 is 0. The molecule has 2 rings (SSSR count). The normalized spacial score (nSPS) is 20.9. The molecule has 1 saturated heterocycles. The second-order valence-electron chi connectivity index (χ2n) is 6.04. The summed E-state index contributed by atoms with van der Waals surface area (Å²) in [6.07, 6.45) is 0.256. The van der Waals surface area contributed by atoms with Crippen LogP contribution in [0.25, 0.3) is 0 Å². The molecule has 6 heteroatoms. The lowest BCUT2D eigenvalue weighted by Gasteiger charge is -2.26. The molecule has 1 fully saturated rings. The van der Waals surface area contributed by atoms with E-state index >= 15 is 0 Å². The summed E-state index contributed by atoms with van der Waals surface area (Å²) in [6, 6.07) is 6.17. The molecule has 1 aromatic rings. The third-order valence-corrected chi connectivity index (χ3v) is 4.84. The summed E-state index contributed by atoms with van der Waals surface area (Å²) < 4.78 is 22.4. The van der Waals surface area contributed by atoms with Crippen LogP contribution in [-0.2, 0) is 14.8 Å². The fourth-order valence-electron chi connectivity index (χ4n) is 3.05. The molecule has 1 amide bonds. The Labute approximate surface area is 126 Å². The largest absolute Gasteiger partial charge is 0.336 e. The first-order valence-electron chi connectivity index (χ1n) is 7.04. The number of carbonyl (C=O) groups is 1. The van der Waals surface area contributed by atoms with E-state index in [1.165, 1.54) is 0 Å². The molecule has 2 atom stereocenters. The average molecular weight is 310 g/mol. The summed E-state index contributed by atoms with van der Waals surface area (Å²) in [4.78, 5) is 13.9. The van der Waals surface area contributed by atoms with Gasteiger partial charge in [-0.25, -0.2) is 13.6 Å². The fraction of sp³-hybridized carbons (Fsp3) is 0.533. The smallest absolute Gasteiger partial charge is 0.223 e. The first kappa shape index (κ1) is 16.0. The molecule has 0 aromatic heterocycles. The van der Waals surface area contributed by atoms with Gasteiger partial charge in [-0.15, -0.1) is 0 Å². The molecule has 2 N–H and O–H groups in total. The number of carbonyl (C=O) groups excluding carboxylic acids is 1. The van der Waals surface area contributed by atoms with Gasteiger partial charge >= 0.3 is 0 Å². The molecule has 0 spiro atoms. The van der Waals surface area contributed by atoms with E-state index in [4.69, 9.17) is 5.14 Å². The van der Waals surface area contributed by atoms with E-state index in [2.05, 4.69) is 18.2 Å². The van der Waals surface area contributed by atoms with Crippen molar-refractivity contribution < 1.29 is 13.2 Å². The number of rotatable bonds is 4.